The molecular formula is C25H20ClN3O3. The Kier molecular flexibility index (Phi) is 6.33. The van der Waals surface area contributed by atoms with E-state index in [4.69, 9.17) is 16.3 Å². The first kappa shape index (κ1) is 21.3. The van der Waals surface area contributed by atoms with Gasteiger partial charge in [0.1, 0.15) is 0 Å². The molecule has 0 radical (unpaired) electrons. The first-order valence-corrected chi connectivity index (χ1v) is 10.3. The van der Waals surface area contributed by atoms with Crippen LogP contribution in [-0.4, -0.2) is 29.8 Å². The number of rotatable bonds is 6. The molecule has 160 valence electrons. The second-order valence-electron chi connectivity index (χ2n) is 7.13. The number of hydrogen-bond donors (Lipinski definition) is 1. The molecule has 1 N–H and O–H groups in total. The first-order chi connectivity index (χ1) is 15.5. The molecule has 0 aliphatic rings. The largest absolute Gasteiger partial charge is 0.465 e. The average Bonchev–Trinajstić information content (AvgIpc) is 3.16. The first-order valence-electron chi connectivity index (χ1n) is 9.89. The smallest absolute Gasteiger partial charge is 0.337 e. The molecule has 0 unspecified atom stereocenters. The molecule has 4 rings (SSSR count). The number of para-hydroxylation sites is 1. The Morgan fingerprint density at radius 3 is 2.62 bits per heavy atom. The van der Waals surface area contributed by atoms with E-state index in [0.717, 1.165) is 22.0 Å². The molecule has 0 aliphatic heterocycles. The van der Waals surface area contributed by atoms with Gasteiger partial charge in [-0.1, -0.05) is 48.0 Å². The summed E-state index contributed by atoms with van der Waals surface area (Å²) in [6.45, 7) is 0.564. The number of halogens is 1. The predicted octanol–water partition coefficient (Wildman–Crippen LogP) is 4.89. The molecule has 0 atom stereocenters. The van der Waals surface area contributed by atoms with Gasteiger partial charge in [-0.05, 0) is 42.0 Å². The Morgan fingerprint density at radius 2 is 1.81 bits per heavy atom. The van der Waals surface area contributed by atoms with E-state index in [1.54, 1.807) is 36.5 Å². The monoisotopic (exact) mass is 445 g/mol. The van der Waals surface area contributed by atoms with E-state index in [0.29, 0.717) is 22.7 Å². The van der Waals surface area contributed by atoms with Crippen LogP contribution in [0.1, 0.15) is 31.8 Å². The minimum Gasteiger partial charge on any atom is -0.465 e. The summed E-state index contributed by atoms with van der Waals surface area (Å²) < 4.78 is 6.89. The highest BCUT2D eigenvalue weighted by atomic mass is 35.5. The highest BCUT2D eigenvalue weighted by molar-refractivity contribution is 6.31. The zero-order chi connectivity index (χ0) is 22.5. The SMILES string of the molecule is COC(=O)c1cccc(Cn2cc(C=NNC(=O)c3cccc(Cl)c3)c3ccccc32)c1. The number of nitrogens with one attached hydrogen (secondary N) is 1. The van der Waals surface area contributed by atoms with Crippen molar-refractivity contribution in [3.63, 3.8) is 0 Å². The second-order valence-corrected chi connectivity index (χ2v) is 7.57. The van der Waals surface area contributed by atoms with Gasteiger partial charge in [0, 0.05) is 39.8 Å². The molecule has 7 heteroatoms. The molecule has 0 saturated heterocycles. The van der Waals surface area contributed by atoms with E-state index in [1.165, 1.54) is 7.11 Å². The summed E-state index contributed by atoms with van der Waals surface area (Å²) in [5, 5.41) is 5.61. The van der Waals surface area contributed by atoms with Gasteiger partial charge in [0.05, 0.1) is 18.9 Å². The lowest BCUT2D eigenvalue weighted by molar-refractivity contribution is 0.0600. The van der Waals surface area contributed by atoms with E-state index in [-0.39, 0.29) is 11.9 Å². The standard InChI is InChI=1S/C25H20ClN3O3/c1-32-25(31)19-8-4-6-17(12-19)15-29-16-20(22-10-2-3-11-23(22)29)14-27-28-24(30)18-7-5-9-21(26)13-18/h2-14,16H,15H2,1H3,(H,28,30). The van der Waals surface area contributed by atoms with Gasteiger partial charge >= 0.3 is 5.97 Å². The number of hydrazone groups is 1. The molecule has 4 aromatic rings. The number of hydrogen-bond acceptors (Lipinski definition) is 4. The number of nitrogens with zero attached hydrogens (tertiary/aromatic N) is 2. The number of carbonyl (C=O) groups excluding carboxylic acids is 2. The van der Waals surface area contributed by atoms with Crippen molar-refractivity contribution >= 4 is 40.6 Å². The number of ether oxygens (including phenoxy) is 1. The number of carbonyl (C=O) groups is 2. The minimum absolute atomic E-state index is 0.341. The summed E-state index contributed by atoms with van der Waals surface area (Å²) in [7, 11) is 1.37. The van der Waals surface area contributed by atoms with Gasteiger partial charge in [-0.15, -0.1) is 0 Å². The molecule has 32 heavy (non-hydrogen) atoms. The molecule has 0 aliphatic carbocycles. The zero-order valence-electron chi connectivity index (χ0n) is 17.3. The fourth-order valence-corrected chi connectivity index (χ4v) is 3.67. The van der Waals surface area contributed by atoms with E-state index in [1.807, 2.05) is 48.7 Å². The Bertz CT molecular complexity index is 1330. The van der Waals surface area contributed by atoms with Crippen LogP contribution in [0.5, 0.6) is 0 Å². The van der Waals surface area contributed by atoms with Crippen molar-refractivity contribution in [3.05, 3.63) is 106 Å². The van der Waals surface area contributed by atoms with Crippen LogP contribution in [0.3, 0.4) is 0 Å². The third kappa shape index (κ3) is 4.71. The van der Waals surface area contributed by atoms with Crippen molar-refractivity contribution in [1.29, 1.82) is 0 Å². The third-order valence-electron chi connectivity index (χ3n) is 4.98. The van der Waals surface area contributed by atoms with Crippen LogP contribution in [0.2, 0.25) is 5.02 Å². The number of esters is 1. The molecule has 0 bridgehead atoms. The van der Waals surface area contributed by atoms with E-state index >= 15 is 0 Å². The van der Waals surface area contributed by atoms with Crippen molar-refractivity contribution in [2.24, 2.45) is 5.10 Å². The third-order valence-corrected chi connectivity index (χ3v) is 5.21. The maximum atomic E-state index is 12.3. The molecular weight excluding hydrogens is 426 g/mol. The highest BCUT2D eigenvalue weighted by Gasteiger charge is 2.10. The quantitative estimate of drug-likeness (QED) is 0.261. The van der Waals surface area contributed by atoms with Crippen LogP contribution >= 0.6 is 11.6 Å². The lowest BCUT2D eigenvalue weighted by atomic mass is 10.1. The maximum Gasteiger partial charge on any atom is 0.337 e. The zero-order valence-corrected chi connectivity index (χ0v) is 18.0. The van der Waals surface area contributed by atoms with Crippen LogP contribution in [0.25, 0.3) is 10.9 Å². The van der Waals surface area contributed by atoms with Gasteiger partial charge in [-0.2, -0.15) is 5.10 Å². The normalized spacial score (nSPS) is 11.1. The van der Waals surface area contributed by atoms with E-state index in [2.05, 4.69) is 15.1 Å². The van der Waals surface area contributed by atoms with Crippen LogP contribution in [0.15, 0.2) is 84.1 Å². The Hall–Kier alpha value is -3.90. The van der Waals surface area contributed by atoms with Crippen LogP contribution in [-0.2, 0) is 11.3 Å². The summed E-state index contributed by atoms with van der Waals surface area (Å²) in [5.41, 5.74) is 6.31. The van der Waals surface area contributed by atoms with Crippen molar-refractivity contribution < 1.29 is 14.3 Å². The topological polar surface area (TPSA) is 72.7 Å². The second kappa shape index (κ2) is 9.49. The number of amides is 1. The van der Waals surface area contributed by atoms with Crippen molar-refractivity contribution in [1.82, 2.24) is 9.99 Å². The van der Waals surface area contributed by atoms with E-state index in [9.17, 15) is 9.59 Å². The van der Waals surface area contributed by atoms with Crippen molar-refractivity contribution in [2.75, 3.05) is 7.11 Å². The van der Waals surface area contributed by atoms with Crippen molar-refractivity contribution in [3.8, 4) is 0 Å². The lowest BCUT2D eigenvalue weighted by Crippen LogP contribution is -2.17. The van der Waals surface area contributed by atoms with Gasteiger partial charge in [0.25, 0.3) is 5.91 Å². The molecule has 1 aromatic heterocycles. The molecule has 1 amide bonds. The fourth-order valence-electron chi connectivity index (χ4n) is 3.47. The summed E-state index contributed by atoms with van der Waals surface area (Å²) in [5.74, 6) is -0.709. The molecule has 3 aromatic carbocycles. The maximum absolute atomic E-state index is 12.3. The molecule has 1 heterocycles. The van der Waals surface area contributed by atoms with Crippen molar-refractivity contribution in [2.45, 2.75) is 6.54 Å². The highest BCUT2D eigenvalue weighted by Crippen LogP contribution is 2.22. The molecule has 0 fully saturated rings. The Labute approximate surface area is 190 Å². The Balaban J connectivity index is 1.57. The van der Waals surface area contributed by atoms with Gasteiger partial charge in [-0.25, -0.2) is 10.2 Å². The molecule has 0 saturated carbocycles. The van der Waals surface area contributed by atoms with E-state index < -0.39 is 0 Å². The Morgan fingerprint density at radius 1 is 1.03 bits per heavy atom. The van der Waals surface area contributed by atoms with Crippen LogP contribution in [0.4, 0.5) is 0 Å². The lowest BCUT2D eigenvalue weighted by Gasteiger charge is -2.07. The number of methoxy groups -OCH3 is 1. The van der Waals surface area contributed by atoms with Gasteiger partial charge < -0.3 is 9.30 Å². The number of aromatic nitrogens is 1. The number of benzene rings is 3. The average molecular weight is 446 g/mol. The minimum atomic E-state index is -0.368. The summed E-state index contributed by atoms with van der Waals surface area (Å²) in [6, 6.07) is 21.9. The summed E-state index contributed by atoms with van der Waals surface area (Å²) in [6.07, 6.45) is 3.58. The van der Waals surface area contributed by atoms with Gasteiger partial charge in [-0.3, -0.25) is 4.79 Å². The molecule has 0 spiro atoms. The van der Waals surface area contributed by atoms with Crippen LogP contribution in [0, 0.1) is 0 Å². The number of fused-ring (bicyclic) bond motifs is 1. The van der Waals surface area contributed by atoms with Gasteiger partial charge in [0.15, 0.2) is 0 Å². The fraction of sp³-hybridized carbons (Fsp3) is 0.0800. The summed E-state index contributed by atoms with van der Waals surface area (Å²) in [4.78, 5) is 24.1. The van der Waals surface area contributed by atoms with Crippen LogP contribution < -0.4 is 5.43 Å². The van der Waals surface area contributed by atoms with Gasteiger partial charge in [0.2, 0.25) is 0 Å². The summed E-state index contributed by atoms with van der Waals surface area (Å²) >= 11 is 5.94. The molecule has 6 nitrogen and oxygen atoms in total. The predicted molar refractivity (Wildman–Crippen MR) is 125 cm³/mol.